The van der Waals surface area contributed by atoms with Crippen LogP contribution in [0.15, 0.2) is 54.7 Å². The summed E-state index contributed by atoms with van der Waals surface area (Å²) in [7, 11) is 0. The van der Waals surface area contributed by atoms with Crippen LogP contribution in [0, 0.1) is 5.82 Å². The summed E-state index contributed by atoms with van der Waals surface area (Å²) in [5.41, 5.74) is 1.45. The number of nitrogens with zero attached hydrogens (tertiary/aromatic N) is 1. The van der Waals surface area contributed by atoms with E-state index in [4.69, 9.17) is 4.74 Å². The zero-order valence-electron chi connectivity index (χ0n) is 13.9. The Balaban J connectivity index is 1.70. The molecular formula is C19H15FN2O4. The van der Waals surface area contributed by atoms with Gasteiger partial charge in [0.05, 0.1) is 16.8 Å². The van der Waals surface area contributed by atoms with Crippen molar-refractivity contribution in [2.24, 2.45) is 0 Å². The molecule has 0 spiro atoms. The van der Waals surface area contributed by atoms with E-state index >= 15 is 0 Å². The third kappa shape index (κ3) is 3.61. The smallest absolute Gasteiger partial charge is 0.340 e. The number of Topliss-reactive ketones (excluding diaryl/α,β-unsaturated/α-hetero) is 1. The van der Waals surface area contributed by atoms with Crippen LogP contribution in [0.3, 0.4) is 0 Å². The molecule has 0 radical (unpaired) electrons. The van der Waals surface area contributed by atoms with E-state index in [2.05, 4.69) is 5.32 Å². The van der Waals surface area contributed by atoms with Gasteiger partial charge in [-0.25, -0.2) is 9.18 Å². The minimum atomic E-state index is -0.713. The fourth-order valence-electron chi connectivity index (χ4n) is 2.53. The largest absolute Gasteiger partial charge is 0.452 e. The van der Waals surface area contributed by atoms with Gasteiger partial charge < -0.3 is 14.5 Å². The lowest BCUT2D eigenvalue weighted by molar-refractivity contribution is -0.119. The van der Waals surface area contributed by atoms with Crippen LogP contribution in [-0.4, -0.2) is 28.7 Å². The SMILES string of the molecule is CC(=O)c1cc(C(=O)OCC(=O)Nc2ccc(F)cc2)c2ccccn12. The molecular weight excluding hydrogens is 339 g/mol. The molecule has 26 heavy (non-hydrogen) atoms. The number of carbonyl (C=O) groups excluding carboxylic acids is 3. The number of nitrogens with one attached hydrogen (secondary N) is 1. The summed E-state index contributed by atoms with van der Waals surface area (Å²) in [6, 6.07) is 11.8. The van der Waals surface area contributed by atoms with Crippen molar-refractivity contribution in [3.8, 4) is 0 Å². The number of rotatable bonds is 5. The maximum atomic E-state index is 12.8. The minimum absolute atomic E-state index is 0.195. The fourth-order valence-corrected chi connectivity index (χ4v) is 2.53. The van der Waals surface area contributed by atoms with Gasteiger partial charge in [-0.1, -0.05) is 6.07 Å². The Kier molecular flexibility index (Phi) is 4.79. The average Bonchev–Trinajstić information content (AvgIpc) is 3.02. The quantitative estimate of drug-likeness (QED) is 0.564. The van der Waals surface area contributed by atoms with Crippen molar-refractivity contribution >= 4 is 28.9 Å². The number of ether oxygens (including phenoxy) is 1. The molecule has 3 rings (SSSR count). The van der Waals surface area contributed by atoms with Gasteiger partial charge in [0, 0.05) is 18.8 Å². The number of ketones is 1. The van der Waals surface area contributed by atoms with Crippen LogP contribution < -0.4 is 5.32 Å². The van der Waals surface area contributed by atoms with Crippen molar-refractivity contribution < 1.29 is 23.5 Å². The highest BCUT2D eigenvalue weighted by molar-refractivity contribution is 6.04. The third-order valence-electron chi connectivity index (χ3n) is 3.72. The highest BCUT2D eigenvalue weighted by atomic mass is 19.1. The van der Waals surface area contributed by atoms with Crippen LogP contribution >= 0.6 is 0 Å². The highest BCUT2D eigenvalue weighted by Crippen LogP contribution is 2.18. The van der Waals surface area contributed by atoms with Crippen LogP contribution in [0.5, 0.6) is 0 Å². The van der Waals surface area contributed by atoms with Gasteiger partial charge in [-0.15, -0.1) is 0 Å². The number of benzene rings is 1. The first-order valence-corrected chi connectivity index (χ1v) is 7.79. The van der Waals surface area contributed by atoms with Crippen LogP contribution in [0.1, 0.15) is 27.8 Å². The summed E-state index contributed by atoms with van der Waals surface area (Å²) < 4.78 is 19.5. The van der Waals surface area contributed by atoms with Crippen LogP contribution in [0.2, 0.25) is 0 Å². The Bertz CT molecular complexity index is 992. The maximum absolute atomic E-state index is 12.8. The fraction of sp³-hybridized carbons (Fsp3) is 0.105. The molecule has 0 atom stereocenters. The van der Waals surface area contributed by atoms with Gasteiger partial charge in [-0.05, 0) is 42.5 Å². The first-order valence-electron chi connectivity index (χ1n) is 7.79. The molecule has 132 valence electrons. The Morgan fingerprint density at radius 3 is 2.54 bits per heavy atom. The molecule has 0 aliphatic rings. The number of amides is 1. The van der Waals surface area contributed by atoms with Crippen molar-refractivity contribution in [1.82, 2.24) is 4.40 Å². The topological polar surface area (TPSA) is 76.9 Å². The second-order valence-corrected chi connectivity index (χ2v) is 5.59. The van der Waals surface area contributed by atoms with E-state index in [1.165, 1.54) is 37.3 Å². The van der Waals surface area contributed by atoms with E-state index in [0.717, 1.165) is 0 Å². The molecule has 6 nitrogen and oxygen atoms in total. The first-order chi connectivity index (χ1) is 12.5. The number of hydrogen-bond donors (Lipinski definition) is 1. The van der Waals surface area contributed by atoms with Gasteiger partial charge >= 0.3 is 5.97 Å². The number of fused-ring (bicyclic) bond motifs is 1. The van der Waals surface area contributed by atoms with Gasteiger partial charge in [0.15, 0.2) is 12.4 Å². The Morgan fingerprint density at radius 2 is 1.85 bits per heavy atom. The number of halogens is 1. The van der Waals surface area contributed by atoms with Crippen molar-refractivity contribution in [1.29, 1.82) is 0 Å². The van der Waals surface area contributed by atoms with E-state index in [0.29, 0.717) is 16.9 Å². The first kappa shape index (κ1) is 17.3. The number of hydrogen-bond acceptors (Lipinski definition) is 4. The summed E-state index contributed by atoms with van der Waals surface area (Å²) in [4.78, 5) is 35.9. The lowest BCUT2D eigenvalue weighted by Crippen LogP contribution is -2.20. The van der Waals surface area contributed by atoms with E-state index in [-0.39, 0.29) is 11.3 Å². The van der Waals surface area contributed by atoms with Gasteiger partial charge in [0.2, 0.25) is 0 Å². The van der Waals surface area contributed by atoms with E-state index < -0.39 is 24.3 Å². The Morgan fingerprint density at radius 1 is 1.12 bits per heavy atom. The lowest BCUT2D eigenvalue weighted by Gasteiger charge is -2.06. The van der Waals surface area contributed by atoms with E-state index in [1.807, 2.05) is 0 Å². The zero-order chi connectivity index (χ0) is 18.7. The van der Waals surface area contributed by atoms with Crippen LogP contribution in [-0.2, 0) is 9.53 Å². The third-order valence-corrected chi connectivity index (χ3v) is 3.72. The average molecular weight is 354 g/mol. The van der Waals surface area contributed by atoms with Crippen molar-refractivity contribution in [2.45, 2.75) is 6.92 Å². The minimum Gasteiger partial charge on any atom is -0.452 e. The van der Waals surface area contributed by atoms with Crippen molar-refractivity contribution in [2.75, 3.05) is 11.9 Å². The summed E-state index contributed by atoms with van der Waals surface area (Å²) >= 11 is 0. The molecule has 2 heterocycles. The predicted octanol–water partition coefficient (Wildman–Crippen LogP) is 3.08. The summed E-state index contributed by atoms with van der Waals surface area (Å²) in [6.07, 6.45) is 1.67. The molecule has 0 aliphatic carbocycles. The van der Waals surface area contributed by atoms with Gasteiger partial charge in [-0.3, -0.25) is 9.59 Å². The van der Waals surface area contributed by atoms with Crippen molar-refractivity contribution in [3.63, 3.8) is 0 Å². The number of carbonyl (C=O) groups is 3. The molecule has 0 fully saturated rings. The Hall–Kier alpha value is -3.48. The molecule has 0 unspecified atom stereocenters. The summed E-state index contributed by atoms with van der Waals surface area (Å²) in [5, 5.41) is 2.49. The molecule has 0 aliphatic heterocycles. The molecule has 1 aromatic carbocycles. The second kappa shape index (κ2) is 7.18. The highest BCUT2D eigenvalue weighted by Gasteiger charge is 2.19. The van der Waals surface area contributed by atoms with E-state index in [1.54, 1.807) is 28.8 Å². The maximum Gasteiger partial charge on any atom is 0.340 e. The molecule has 1 N–H and O–H groups in total. The van der Waals surface area contributed by atoms with Crippen molar-refractivity contribution in [3.05, 3.63) is 71.8 Å². The Labute approximate surface area is 148 Å². The monoisotopic (exact) mass is 354 g/mol. The second-order valence-electron chi connectivity index (χ2n) is 5.59. The van der Waals surface area contributed by atoms with Gasteiger partial charge in [0.25, 0.3) is 5.91 Å². The van der Waals surface area contributed by atoms with Gasteiger partial charge in [-0.2, -0.15) is 0 Å². The normalized spacial score (nSPS) is 10.5. The number of aromatic nitrogens is 1. The number of esters is 1. The molecule has 0 saturated heterocycles. The number of pyridine rings is 1. The molecule has 0 saturated carbocycles. The van der Waals surface area contributed by atoms with Crippen LogP contribution in [0.25, 0.3) is 5.52 Å². The van der Waals surface area contributed by atoms with Crippen LogP contribution in [0.4, 0.5) is 10.1 Å². The predicted molar refractivity (Wildman–Crippen MR) is 92.7 cm³/mol. The molecule has 3 aromatic rings. The van der Waals surface area contributed by atoms with E-state index in [9.17, 15) is 18.8 Å². The zero-order valence-corrected chi connectivity index (χ0v) is 13.9. The lowest BCUT2D eigenvalue weighted by atomic mass is 10.2. The molecule has 2 aromatic heterocycles. The summed E-state index contributed by atoms with van der Waals surface area (Å²) in [5.74, 6) is -1.88. The number of anilines is 1. The molecule has 0 bridgehead atoms. The molecule has 7 heteroatoms. The standard InChI is InChI=1S/C19H15FN2O4/c1-12(23)17-10-15(16-4-2-3-9-22(16)17)19(25)26-11-18(24)21-14-7-5-13(20)6-8-14/h2-10H,11H2,1H3,(H,21,24). The molecule has 1 amide bonds. The summed E-state index contributed by atoms with van der Waals surface area (Å²) in [6.45, 7) is 0.899. The van der Waals surface area contributed by atoms with Gasteiger partial charge in [0.1, 0.15) is 5.82 Å².